The van der Waals surface area contributed by atoms with E-state index in [2.05, 4.69) is 10.4 Å². The monoisotopic (exact) mass is 397 g/mol. The Labute approximate surface area is 162 Å². The first-order valence-electron chi connectivity index (χ1n) is 8.19. The van der Waals surface area contributed by atoms with E-state index in [4.69, 9.17) is 27.9 Å². The summed E-state index contributed by atoms with van der Waals surface area (Å²) in [7, 11) is 0. The third-order valence-electron chi connectivity index (χ3n) is 3.57. The zero-order valence-electron chi connectivity index (χ0n) is 15.0. The quantitative estimate of drug-likeness (QED) is 0.735. The van der Waals surface area contributed by atoms with Crippen LogP contribution >= 0.6 is 23.2 Å². The summed E-state index contributed by atoms with van der Waals surface area (Å²) in [6.07, 6.45) is -0.998. The zero-order valence-corrected chi connectivity index (χ0v) is 16.6. The van der Waals surface area contributed by atoms with Crippen molar-refractivity contribution in [2.45, 2.75) is 40.3 Å². The number of nitrogens with zero attached hydrogens (tertiary/aromatic N) is 2. The van der Waals surface area contributed by atoms with Gasteiger partial charge in [-0.3, -0.25) is 9.48 Å². The molecule has 1 N–H and O–H groups in total. The Kier molecular flexibility index (Phi) is 6.67. The lowest BCUT2D eigenvalue weighted by atomic mass is 10.2. The van der Waals surface area contributed by atoms with E-state index in [9.17, 15) is 9.59 Å². The third kappa shape index (κ3) is 4.99. The number of carbonyl (C=O) groups is 2. The molecule has 0 aliphatic heterocycles. The summed E-state index contributed by atoms with van der Waals surface area (Å²) >= 11 is 12.1. The first-order chi connectivity index (χ1) is 12.2. The van der Waals surface area contributed by atoms with Crippen LogP contribution in [-0.4, -0.2) is 27.8 Å². The molecule has 0 bridgehead atoms. The number of nitrogens with one attached hydrogen (secondary N) is 1. The van der Waals surface area contributed by atoms with Crippen molar-refractivity contribution >= 4 is 40.8 Å². The number of benzene rings is 1. The standard InChI is InChI=1S/C18H21Cl2N3O3/c1-10(2)9-23-16(20)15(11(3)22-23)18(25)26-12(4)17(24)21-14-7-5-13(19)6-8-14/h5-8,10,12H,9H2,1-4H3,(H,21,24)/t12-/m1/s1. The van der Waals surface area contributed by atoms with Gasteiger partial charge in [0.2, 0.25) is 0 Å². The molecule has 0 radical (unpaired) electrons. The van der Waals surface area contributed by atoms with Crippen LogP contribution < -0.4 is 5.32 Å². The lowest BCUT2D eigenvalue weighted by Crippen LogP contribution is -2.30. The molecular weight excluding hydrogens is 377 g/mol. The second-order valence-corrected chi connectivity index (χ2v) is 7.17. The van der Waals surface area contributed by atoms with Gasteiger partial charge in [-0.15, -0.1) is 0 Å². The molecule has 0 aliphatic rings. The maximum Gasteiger partial charge on any atom is 0.343 e. The summed E-state index contributed by atoms with van der Waals surface area (Å²) in [6.45, 7) is 7.80. The third-order valence-corrected chi connectivity index (χ3v) is 4.21. The van der Waals surface area contributed by atoms with Crippen LogP contribution in [0.3, 0.4) is 0 Å². The van der Waals surface area contributed by atoms with Crippen LogP contribution in [0.15, 0.2) is 24.3 Å². The van der Waals surface area contributed by atoms with Crippen LogP contribution in [0.1, 0.15) is 36.8 Å². The first kappa shape index (κ1) is 20.3. The van der Waals surface area contributed by atoms with Crippen molar-refractivity contribution in [2.24, 2.45) is 5.92 Å². The molecule has 1 atom stereocenters. The van der Waals surface area contributed by atoms with E-state index in [0.29, 0.717) is 28.9 Å². The SMILES string of the molecule is Cc1nn(CC(C)C)c(Cl)c1C(=O)O[C@H](C)C(=O)Nc1ccc(Cl)cc1. The minimum atomic E-state index is -0.998. The topological polar surface area (TPSA) is 73.2 Å². The van der Waals surface area contributed by atoms with Crippen LogP contribution in [-0.2, 0) is 16.1 Å². The zero-order chi connectivity index (χ0) is 19.4. The van der Waals surface area contributed by atoms with E-state index in [1.165, 1.54) is 6.92 Å². The molecule has 2 aromatic rings. The molecule has 26 heavy (non-hydrogen) atoms. The highest BCUT2D eigenvalue weighted by atomic mass is 35.5. The van der Waals surface area contributed by atoms with E-state index in [1.807, 2.05) is 13.8 Å². The number of hydrogen-bond acceptors (Lipinski definition) is 4. The van der Waals surface area contributed by atoms with E-state index in [1.54, 1.807) is 35.9 Å². The number of aromatic nitrogens is 2. The molecule has 1 heterocycles. The number of carbonyl (C=O) groups excluding carboxylic acids is 2. The van der Waals surface area contributed by atoms with Crippen LogP contribution in [0.25, 0.3) is 0 Å². The Hall–Kier alpha value is -2.05. The smallest absolute Gasteiger partial charge is 0.343 e. The minimum absolute atomic E-state index is 0.179. The number of esters is 1. The van der Waals surface area contributed by atoms with Gasteiger partial charge < -0.3 is 10.1 Å². The Bertz CT molecular complexity index is 801. The summed E-state index contributed by atoms with van der Waals surface area (Å²) in [5.41, 5.74) is 1.20. The average Bonchev–Trinajstić information content (AvgIpc) is 2.82. The number of rotatable bonds is 6. The Balaban J connectivity index is 2.05. The highest BCUT2D eigenvalue weighted by Crippen LogP contribution is 2.22. The van der Waals surface area contributed by atoms with Crippen molar-refractivity contribution < 1.29 is 14.3 Å². The Morgan fingerprint density at radius 3 is 2.38 bits per heavy atom. The minimum Gasteiger partial charge on any atom is -0.449 e. The number of aryl methyl sites for hydroxylation is 1. The van der Waals surface area contributed by atoms with Crippen LogP contribution in [0.4, 0.5) is 5.69 Å². The van der Waals surface area contributed by atoms with Gasteiger partial charge in [-0.2, -0.15) is 5.10 Å². The molecule has 0 aliphatic carbocycles. The van der Waals surface area contributed by atoms with Crippen molar-refractivity contribution in [2.75, 3.05) is 5.32 Å². The number of ether oxygens (including phenoxy) is 1. The maximum atomic E-state index is 12.4. The molecule has 1 amide bonds. The molecule has 0 spiro atoms. The molecule has 0 saturated heterocycles. The summed E-state index contributed by atoms with van der Waals surface area (Å²) < 4.78 is 6.83. The van der Waals surface area contributed by atoms with Gasteiger partial charge in [0.15, 0.2) is 6.10 Å². The molecule has 8 heteroatoms. The van der Waals surface area contributed by atoms with Gasteiger partial charge >= 0.3 is 5.97 Å². The van der Waals surface area contributed by atoms with Crippen LogP contribution in [0.2, 0.25) is 10.2 Å². The highest BCUT2D eigenvalue weighted by Gasteiger charge is 2.26. The predicted octanol–water partition coefficient (Wildman–Crippen LogP) is 4.34. The predicted molar refractivity (Wildman–Crippen MR) is 102 cm³/mol. The van der Waals surface area contributed by atoms with E-state index < -0.39 is 18.0 Å². The van der Waals surface area contributed by atoms with Crippen molar-refractivity contribution in [1.82, 2.24) is 9.78 Å². The van der Waals surface area contributed by atoms with Crippen LogP contribution in [0.5, 0.6) is 0 Å². The Morgan fingerprint density at radius 2 is 1.81 bits per heavy atom. The fourth-order valence-corrected chi connectivity index (χ4v) is 2.75. The lowest BCUT2D eigenvalue weighted by molar-refractivity contribution is -0.123. The van der Waals surface area contributed by atoms with Gasteiger partial charge in [0.25, 0.3) is 5.91 Å². The second kappa shape index (κ2) is 8.56. The van der Waals surface area contributed by atoms with Gasteiger partial charge in [0.05, 0.1) is 5.69 Å². The number of halogens is 2. The van der Waals surface area contributed by atoms with Crippen molar-refractivity contribution in [3.8, 4) is 0 Å². The molecule has 140 valence electrons. The maximum absolute atomic E-state index is 12.4. The molecule has 2 rings (SSSR count). The Morgan fingerprint density at radius 1 is 1.19 bits per heavy atom. The summed E-state index contributed by atoms with van der Waals surface area (Å²) in [5.74, 6) is -0.815. The normalized spacial score (nSPS) is 12.1. The fourth-order valence-electron chi connectivity index (χ4n) is 2.30. The molecule has 1 aromatic heterocycles. The molecule has 6 nitrogen and oxygen atoms in total. The summed E-state index contributed by atoms with van der Waals surface area (Å²) in [4.78, 5) is 24.6. The second-order valence-electron chi connectivity index (χ2n) is 6.37. The molecule has 0 unspecified atom stereocenters. The number of anilines is 1. The molecular formula is C18H21Cl2N3O3. The van der Waals surface area contributed by atoms with E-state index in [-0.39, 0.29) is 10.7 Å². The summed E-state index contributed by atoms with van der Waals surface area (Å²) in [6, 6.07) is 6.62. The molecule has 0 saturated carbocycles. The van der Waals surface area contributed by atoms with Crippen LogP contribution in [0, 0.1) is 12.8 Å². The first-order valence-corrected chi connectivity index (χ1v) is 8.95. The summed E-state index contributed by atoms with van der Waals surface area (Å²) in [5, 5.41) is 7.70. The molecule has 0 fully saturated rings. The highest BCUT2D eigenvalue weighted by molar-refractivity contribution is 6.32. The lowest BCUT2D eigenvalue weighted by Gasteiger charge is -2.13. The van der Waals surface area contributed by atoms with Crippen molar-refractivity contribution in [3.05, 3.63) is 45.7 Å². The van der Waals surface area contributed by atoms with Gasteiger partial charge in [-0.1, -0.05) is 37.0 Å². The average molecular weight is 398 g/mol. The molecule has 1 aromatic carbocycles. The van der Waals surface area contributed by atoms with Gasteiger partial charge in [0.1, 0.15) is 10.7 Å². The largest absolute Gasteiger partial charge is 0.449 e. The number of amides is 1. The number of hydrogen-bond donors (Lipinski definition) is 1. The van der Waals surface area contributed by atoms with Gasteiger partial charge in [0, 0.05) is 17.3 Å². The van der Waals surface area contributed by atoms with Gasteiger partial charge in [-0.25, -0.2) is 4.79 Å². The van der Waals surface area contributed by atoms with Crippen molar-refractivity contribution in [3.63, 3.8) is 0 Å². The fraction of sp³-hybridized carbons (Fsp3) is 0.389. The van der Waals surface area contributed by atoms with E-state index >= 15 is 0 Å². The van der Waals surface area contributed by atoms with E-state index in [0.717, 1.165) is 0 Å². The van der Waals surface area contributed by atoms with Gasteiger partial charge in [-0.05, 0) is 44.0 Å². The van der Waals surface area contributed by atoms with Crippen molar-refractivity contribution in [1.29, 1.82) is 0 Å².